The molecule has 1 unspecified atom stereocenters. The van der Waals surface area contributed by atoms with Crippen LogP contribution in [0.15, 0.2) is 53.1 Å². The van der Waals surface area contributed by atoms with Gasteiger partial charge in [0.1, 0.15) is 22.7 Å². The number of methoxy groups -OCH3 is 1. The number of aliphatic hydroxyl groups is 1. The molecule has 2 heterocycles. The summed E-state index contributed by atoms with van der Waals surface area (Å²) in [6.45, 7) is 1.74. The van der Waals surface area contributed by atoms with Gasteiger partial charge in [0.05, 0.1) is 13.3 Å². The fourth-order valence-electron chi connectivity index (χ4n) is 3.06. The SMILES string of the molecule is COc1cccc2c(C(N)=O)nc(-c3cccc(C#CC(O)c4ncc(C)o4)c3)nc12. The van der Waals surface area contributed by atoms with Crippen LogP contribution in [0.5, 0.6) is 5.75 Å². The monoisotopic (exact) mass is 414 g/mol. The van der Waals surface area contributed by atoms with Gasteiger partial charge >= 0.3 is 0 Å². The maximum Gasteiger partial charge on any atom is 0.268 e. The van der Waals surface area contributed by atoms with E-state index in [1.165, 1.54) is 13.3 Å². The molecule has 4 rings (SSSR count). The lowest BCUT2D eigenvalue weighted by Crippen LogP contribution is -2.15. The largest absolute Gasteiger partial charge is 0.494 e. The zero-order valence-corrected chi connectivity index (χ0v) is 16.8. The third kappa shape index (κ3) is 4.08. The normalized spacial score (nSPS) is 11.6. The summed E-state index contributed by atoms with van der Waals surface area (Å²) in [5, 5.41) is 10.6. The van der Waals surface area contributed by atoms with Gasteiger partial charge in [0, 0.05) is 16.5 Å². The molecule has 1 atom stereocenters. The van der Waals surface area contributed by atoms with E-state index in [4.69, 9.17) is 14.9 Å². The topological polar surface area (TPSA) is 124 Å². The molecule has 0 fully saturated rings. The summed E-state index contributed by atoms with van der Waals surface area (Å²) in [7, 11) is 1.53. The summed E-state index contributed by atoms with van der Waals surface area (Å²) in [6, 6.07) is 12.3. The Bertz CT molecular complexity index is 1350. The van der Waals surface area contributed by atoms with Gasteiger partial charge in [-0.1, -0.05) is 36.1 Å². The lowest BCUT2D eigenvalue weighted by Gasteiger charge is -2.09. The molecule has 8 heteroatoms. The lowest BCUT2D eigenvalue weighted by atomic mass is 10.1. The Balaban J connectivity index is 1.76. The molecule has 0 aliphatic heterocycles. The molecule has 0 bridgehead atoms. The number of ether oxygens (including phenoxy) is 1. The summed E-state index contributed by atoms with van der Waals surface area (Å²) in [4.78, 5) is 24.9. The summed E-state index contributed by atoms with van der Waals surface area (Å²) in [6.07, 6.45) is 0.364. The van der Waals surface area contributed by atoms with E-state index in [-0.39, 0.29) is 11.6 Å². The van der Waals surface area contributed by atoms with Crippen LogP contribution >= 0.6 is 0 Å². The molecule has 2 aromatic heterocycles. The smallest absolute Gasteiger partial charge is 0.268 e. The molecule has 0 saturated carbocycles. The van der Waals surface area contributed by atoms with Gasteiger partial charge in [0.15, 0.2) is 11.9 Å². The first-order chi connectivity index (χ1) is 15.0. The highest BCUT2D eigenvalue weighted by atomic mass is 16.5. The first-order valence-electron chi connectivity index (χ1n) is 9.33. The Morgan fingerprint density at radius 1 is 1.23 bits per heavy atom. The number of rotatable bonds is 4. The second kappa shape index (κ2) is 8.26. The number of primary amides is 1. The van der Waals surface area contributed by atoms with Gasteiger partial charge in [-0.15, -0.1) is 0 Å². The van der Waals surface area contributed by atoms with Gasteiger partial charge < -0.3 is 20.0 Å². The van der Waals surface area contributed by atoms with Crippen molar-refractivity contribution in [2.75, 3.05) is 7.11 Å². The van der Waals surface area contributed by atoms with Crippen molar-refractivity contribution in [3.8, 4) is 29.0 Å². The number of nitrogens with zero attached hydrogens (tertiary/aromatic N) is 3. The summed E-state index contributed by atoms with van der Waals surface area (Å²) >= 11 is 0. The Labute approximate surface area is 177 Å². The van der Waals surface area contributed by atoms with Crippen molar-refractivity contribution in [1.29, 1.82) is 0 Å². The van der Waals surface area contributed by atoms with E-state index in [0.717, 1.165) is 0 Å². The van der Waals surface area contributed by atoms with E-state index >= 15 is 0 Å². The summed E-state index contributed by atoms with van der Waals surface area (Å²) in [5.74, 6) is 6.46. The number of benzene rings is 2. The molecule has 31 heavy (non-hydrogen) atoms. The average molecular weight is 414 g/mol. The van der Waals surface area contributed by atoms with Gasteiger partial charge in [0.2, 0.25) is 5.89 Å². The van der Waals surface area contributed by atoms with Crippen LogP contribution in [-0.4, -0.2) is 33.1 Å². The Hall–Kier alpha value is -4.22. The van der Waals surface area contributed by atoms with Crippen LogP contribution < -0.4 is 10.5 Å². The first-order valence-corrected chi connectivity index (χ1v) is 9.33. The van der Waals surface area contributed by atoms with Gasteiger partial charge in [-0.25, -0.2) is 15.0 Å². The van der Waals surface area contributed by atoms with Gasteiger partial charge in [-0.05, 0) is 25.1 Å². The second-order valence-electron chi connectivity index (χ2n) is 6.68. The van der Waals surface area contributed by atoms with E-state index < -0.39 is 12.0 Å². The molecule has 0 saturated heterocycles. The molecule has 4 aromatic rings. The number of oxazole rings is 1. The van der Waals surface area contributed by atoms with Crippen LogP contribution in [0.4, 0.5) is 0 Å². The number of nitrogens with two attached hydrogens (primary N) is 1. The van der Waals surface area contributed by atoms with Gasteiger partial charge in [-0.2, -0.15) is 0 Å². The molecule has 8 nitrogen and oxygen atoms in total. The lowest BCUT2D eigenvalue weighted by molar-refractivity contribution is 0.0997. The number of hydrogen-bond donors (Lipinski definition) is 2. The first kappa shape index (κ1) is 20.1. The number of carbonyl (C=O) groups excluding carboxylic acids is 1. The van der Waals surface area contributed by atoms with E-state index in [2.05, 4.69) is 26.8 Å². The number of hydrogen-bond acceptors (Lipinski definition) is 7. The molecule has 1 amide bonds. The van der Waals surface area contributed by atoms with Gasteiger partial charge in [0.25, 0.3) is 5.91 Å². The molecular formula is C23H18N4O4. The summed E-state index contributed by atoms with van der Waals surface area (Å²) < 4.78 is 10.7. The molecular weight excluding hydrogens is 396 g/mol. The minimum absolute atomic E-state index is 0.102. The van der Waals surface area contributed by atoms with Crippen LogP contribution in [-0.2, 0) is 0 Å². The number of carbonyl (C=O) groups is 1. The zero-order chi connectivity index (χ0) is 22.0. The van der Waals surface area contributed by atoms with Crippen molar-refractivity contribution < 1.29 is 19.1 Å². The highest BCUT2D eigenvalue weighted by Gasteiger charge is 2.16. The predicted molar refractivity (Wildman–Crippen MR) is 113 cm³/mol. The minimum atomic E-state index is -1.15. The van der Waals surface area contributed by atoms with Crippen LogP contribution in [0.3, 0.4) is 0 Å². The number of aromatic nitrogens is 3. The highest BCUT2D eigenvalue weighted by Crippen LogP contribution is 2.28. The standard InChI is InChI=1S/C23H18N4O4/c1-13-12-25-23(31-13)17(28)10-9-14-5-3-6-15(11-14)22-26-19-16(20(27-22)21(24)29)7-4-8-18(19)30-2/h3-8,11-12,17,28H,1-2H3,(H2,24,29). The molecule has 2 aromatic carbocycles. The predicted octanol–water partition coefficient (Wildman–Crippen LogP) is 2.79. The molecule has 0 spiro atoms. The molecule has 154 valence electrons. The maximum absolute atomic E-state index is 12.0. The van der Waals surface area contributed by atoms with Crippen molar-refractivity contribution >= 4 is 16.8 Å². The molecule has 0 aliphatic rings. The zero-order valence-electron chi connectivity index (χ0n) is 16.8. The van der Waals surface area contributed by atoms with Crippen molar-refractivity contribution in [1.82, 2.24) is 15.0 Å². The van der Waals surface area contributed by atoms with Crippen molar-refractivity contribution in [3.05, 3.63) is 71.6 Å². The van der Waals surface area contributed by atoms with Crippen molar-refractivity contribution in [2.45, 2.75) is 13.0 Å². The number of amides is 1. The van der Waals surface area contributed by atoms with E-state index in [0.29, 0.717) is 39.4 Å². The molecule has 3 N–H and O–H groups in total. The number of para-hydroxylation sites is 1. The van der Waals surface area contributed by atoms with Crippen LogP contribution in [0.1, 0.15) is 33.8 Å². The third-order valence-electron chi connectivity index (χ3n) is 4.49. The van der Waals surface area contributed by atoms with Crippen LogP contribution in [0, 0.1) is 18.8 Å². The third-order valence-corrected chi connectivity index (χ3v) is 4.49. The Kier molecular flexibility index (Phi) is 5.35. The second-order valence-corrected chi connectivity index (χ2v) is 6.68. The summed E-state index contributed by atoms with van der Waals surface area (Å²) in [5.41, 5.74) is 7.38. The van der Waals surface area contributed by atoms with Crippen molar-refractivity contribution in [2.24, 2.45) is 5.73 Å². The molecule has 0 aliphatic carbocycles. The van der Waals surface area contributed by atoms with E-state index in [9.17, 15) is 9.90 Å². The van der Waals surface area contributed by atoms with Gasteiger partial charge in [-0.3, -0.25) is 4.79 Å². The number of fused-ring (bicyclic) bond motifs is 1. The van der Waals surface area contributed by atoms with E-state index in [1.54, 1.807) is 49.4 Å². The Morgan fingerprint density at radius 2 is 2.03 bits per heavy atom. The number of aliphatic hydroxyl groups excluding tert-OH is 1. The van der Waals surface area contributed by atoms with Crippen LogP contribution in [0.2, 0.25) is 0 Å². The fraction of sp³-hybridized carbons (Fsp3) is 0.130. The van der Waals surface area contributed by atoms with E-state index in [1.807, 2.05) is 0 Å². The minimum Gasteiger partial charge on any atom is -0.494 e. The van der Waals surface area contributed by atoms with Crippen LogP contribution in [0.25, 0.3) is 22.3 Å². The molecule has 0 radical (unpaired) electrons. The maximum atomic E-state index is 12.0. The quantitative estimate of drug-likeness (QED) is 0.492. The van der Waals surface area contributed by atoms with Crippen molar-refractivity contribution in [3.63, 3.8) is 0 Å². The average Bonchev–Trinajstić information content (AvgIpc) is 3.22. The Morgan fingerprint density at radius 3 is 2.74 bits per heavy atom. The highest BCUT2D eigenvalue weighted by molar-refractivity contribution is 6.05. The fourth-order valence-corrected chi connectivity index (χ4v) is 3.06. The number of aryl methyl sites for hydroxylation is 1.